The first-order chi connectivity index (χ1) is 14.5. The summed E-state index contributed by atoms with van der Waals surface area (Å²) in [5.74, 6) is 0. The molecule has 0 radical (unpaired) electrons. The number of sulfonamides is 1. The molecular formula is C19H25F3N2O6S. The summed E-state index contributed by atoms with van der Waals surface area (Å²) in [7, 11) is -2.20. The summed E-state index contributed by atoms with van der Waals surface area (Å²) in [5, 5.41) is 8.82. The van der Waals surface area contributed by atoms with E-state index < -0.39 is 46.6 Å². The van der Waals surface area contributed by atoms with Crippen LogP contribution < -0.4 is 0 Å². The van der Waals surface area contributed by atoms with E-state index in [1.54, 1.807) is 18.2 Å². The number of amides is 1. The Kier molecular flexibility index (Phi) is 6.84. The molecule has 1 amide bonds. The number of likely N-dealkylation sites (N-methyl/N-ethyl adjacent to an activating group) is 1. The summed E-state index contributed by atoms with van der Waals surface area (Å²) >= 11 is 0. The van der Waals surface area contributed by atoms with E-state index in [0.29, 0.717) is 19.3 Å². The van der Waals surface area contributed by atoms with Crippen LogP contribution in [0.4, 0.5) is 18.0 Å². The van der Waals surface area contributed by atoms with E-state index >= 15 is 0 Å². The molecule has 0 saturated carbocycles. The van der Waals surface area contributed by atoms with Gasteiger partial charge in [0.25, 0.3) is 0 Å². The number of piperidine rings is 1. The van der Waals surface area contributed by atoms with Gasteiger partial charge < -0.3 is 19.5 Å². The molecule has 0 bridgehead atoms. The average molecular weight is 466 g/mol. The smallest absolute Gasteiger partial charge is 0.427 e. The largest absolute Gasteiger partial charge is 0.434 e. The van der Waals surface area contributed by atoms with Gasteiger partial charge in [0.1, 0.15) is 0 Å². The maximum absolute atomic E-state index is 12.8. The quantitative estimate of drug-likeness (QED) is 0.713. The first kappa shape index (κ1) is 23.8. The SMILES string of the molecule is CN(C1COC2(CCN(C(=O)OC(CO)C(F)(F)F)CC2)C1)S(=O)(=O)c1ccccc1. The van der Waals surface area contributed by atoms with E-state index in [4.69, 9.17) is 9.84 Å². The predicted molar refractivity (Wildman–Crippen MR) is 103 cm³/mol. The lowest BCUT2D eigenvalue weighted by atomic mass is 9.87. The van der Waals surface area contributed by atoms with Crippen molar-refractivity contribution in [1.29, 1.82) is 0 Å². The maximum atomic E-state index is 12.8. The van der Waals surface area contributed by atoms with Crippen LogP contribution in [0.3, 0.4) is 0 Å². The van der Waals surface area contributed by atoms with Gasteiger partial charge in [-0.05, 0) is 31.4 Å². The van der Waals surface area contributed by atoms with Crippen LogP contribution in [0.5, 0.6) is 0 Å². The minimum absolute atomic E-state index is 0.108. The number of nitrogens with zero attached hydrogens (tertiary/aromatic N) is 2. The van der Waals surface area contributed by atoms with Crippen molar-refractivity contribution in [2.75, 3.05) is 33.4 Å². The Morgan fingerprint density at radius 3 is 2.48 bits per heavy atom. The molecule has 2 heterocycles. The molecule has 1 aromatic rings. The molecule has 0 aliphatic carbocycles. The van der Waals surface area contributed by atoms with Gasteiger partial charge in [0.15, 0.2) is 0 Å². The summed E-state index contributed by atoms with van der Waals surface area (Å²) in [6.45, 7) is -0.943. The summed E-state index contributed by atoms with van der Waals surface area (Å²) in [4.78, 5) is 13.4. The van der Waals surface area contributed by atoms with Gasteiger partial charge in [-0.15, -0.1) is 0 Å². The Hall–Kier alpha value is -1.89. The molecule has 12 heteroatoms. The number of carbonyl (C=O) groups is 1. The van der Waals surface area contributed by atoms with E-state index in [-0.39, 0.29) is 24.6 Å². The highest BCUT2D eigenvalue weighted by Crippen LogP contribution is 2.39. The zero-order valence-electron chi connectivity index (χ0n) is 16.9. The summed E-state index contributed by atoms with van der Waals surface area (Å²) < 4.78 is 75.4. The molecule has 2 fully saturated rings. The molecule has 2 saturated heterocycles. The Balaban J connectivity index is 1.58. The fraction of sp³-hybridized carbons (Fsp3) is 0.632. The maximum Gasteiger partial charge on any atom is 0.427 e. The normalized spacial score (nSPS) is 22.6. The third-order valence-corrected chi connectivity index (χ3v) is 7.76. The molecule has 1 N–H and O–H groups in total. The van der Waals surface area contributed by atoms with Gasteiger partial charge in [-0.3, -0.25) is 0 Å². The van der Waals surface area contributed by atoms with Gasteiger partial charge in [0.2, 0.25) is 16.1 Å². The van der Waals surface area contributed by atoms with Crippen LogP contribution in [0.1, 0.15) is 19.3 Å². The number of rotatable bonds is 5. The van der Waals surface area contributed by atoms with Gasteiger partial charge in [-0.25, -0.2) is 13.2 Å². The van der Waals surface area contributed by atoms with E-state index in [1.807, 2.05) is 0 Å². The van der Waals surface area contributed by atoms with Crippen LogP contribution in [0.2, 0.25) is 0 Å². The molecule has 0 aromatic heterocycles. The molecule has 1 aromatic carbocycles. The van der Waals surface area contributed by atoms with Crippen molar-refractivity contribution in [2.24, 2.45) is 0 Å². The van der Waals surface area contributed by atoms with E-state index in [0.717, 1.165) is 4.90 Å². The lowest BCUT2D eigenvalue weighted by molar-refractivity contribution is -0.215. The van der Waals surface area contributed by atoms with Crippen LogP contribution in [-0.2, 0) is 19.5 Å². The zero-order valence-corrected chi connectivity index (χ0v) is 17.7. The number of aliphatic hydroxyl groups is 1. The lowest BCUT2D eigenvalue weighted by Crippen LogP contribution is -2.49. The number of benzene rings is 1. The van der Waals surface area contributed by atoms with Gasteiger partial charge in [-0.2, -0.15) is 17.5 Å². The molecule has 8 nitrogen and oxygen atoms in total. The van der Waals surface area contributed by atoms with Crippen molar-refractivity contribution in [1.82, 2.24) is 9.21 Å². The molecule has 174 valence electrons. The monoisotopic (exact) mass is 466 g/mol. The summed E-state index contributed by atoms with van der Waals surface area (Å²) in [5.41, 5.74) is -0.650. The fourth-order valence-electron chi connectivity index (χ4n) is 3.86. The summed E-state index contributed by atoms with van der Waals surface area (Å²) in [6, 6.07) is 7.64. The Morgan fingerprint density at radius 1 is 1.32 bits per heavy atom. The zero-order chi connectivity index (χ0) is 22.9. The third kappa shape index (κ3) is 5.13. The molecule has 2 aliphatic rings. The van der Waals surface area contributed by atoms with E-state index in [9.17, 15) is 26.4 Å². The molecular weight excluding hydrogens is 441 g/mol. The highest BCUT2D eigenvalue weighted by molar-refractivity contribution is 7.89. The summed E-state index contributed by atoms with van der Waals surface area (Å²) in [6.07, 6.45) is -7.47. The van der Waals surface area contributed by atoms with Gasteiger partial charge >= 0.3 is 12.3 Å². The number of likely N-dealkylation sites (tertiary alicyclic amines) is 1. The van der Waals surface area contributed by atoms with Gasteiger partial charge in [-0.1, -0.05) is 18.2 Å². The highest BCUT2D eigenvalue weighted by atomic mass is 32.2. The number of alkyl halides is 3. The lowest BCUT2D eigenvalue weighted by Gasteiger charge is -2.38. The molecule has 2 unspecified atom stereocenters. The number of ether oxygens (including phenoxy) is 2. The van der Waals surface area contributed by atoms with Crippen LogP contribution in [0.15, 0.2) is 35.2 Å². The third-order valence-electron chi connectivity index (χ3n) is 5.83. The van der Waals surface area contributed by atoms with Crippen LogP contribution in [0, 0.1) is 0 Å². The Labute approximate surface area is 178 Å². The molecule has 1 spiro atoms. The van der Waals surface area contributed by atoms with Gasteiger partial charge in [0, 0.05) is 20.1 Å². The highest BCUT2D eigenvalue weighted by Gasteiger charge is 2.48. The average Bonchev–Trinajstić information content (AvgIpc) is 3.14. The molecule has 2 atom stereocenters. The van der Waals surface area contributed by atoms with Crippen LogP contribution >= 0.6 is 0 Å². The van der Waals surface area contributed by atoms with Crippen molar-refractivity contribution in [3.05, 3.63) is 30.3 Å². The van der Waals surface area contributed by atoms with Crippen molar-refractivity contribution >= 4 is 16.1 Å². The Morgan fingerprint density at radius 2 is 1.94 bits per heavy atom. The number of carbonyl (C=O) groups excluding carboxylic acids is 1. The van der Waals surface area contributed by atoms with Crippen molar-refractivity contribution in [3.63, 3.8) is 0 Å². The van der Waals surface area contributed by atoms with Crippen molar-refractivity contribution in [3.8, 4) is 0 Å². The number of hydrogen-bond acceptors (Lipinski definition) is 6. The molecule has 31 heavy (non-hydrogen) atoms. The fourth-order valence-corrected chi connectivity index (χ4v) is 5.22. The minimum Gasteiger partial charge on any atom is -0.434 e. The standard InChI is InChI=1S/C19H25F3N2O6S/c1-23(31(27,28)15-5-3-2-4-6-15)14-11-18(29-13-14)7-9-24(10-8-18)17(26)30-16(12-25)19(20,21)22/h2-6,14,16,25H,7-13H2,1H3. The van der Waals surface area contributed by atoms with E-state index in [1.165, 1.54) is 23.5 Å². The number of halogens is 3. The topological polar surface area (TPSA) is 96.4 Å². The van der Waals surface area contributed by atoms with Crippen molar-refractivity contribution < 1.29 is 41.0 Å². The second-order valence-electron chi connectivity index (χ2n) is 7.77. The first-order valence-corrected chi connectivity index (χ1v) is 11.2. The second kappa shape index (κ2) is 8.93. The number of aliphatic hydroxyl groups excluding tert-OH is 1. The van der Waals surface area contributed by atoms with Crippen molar-refractivity contribution in [2.45, 2.75) is 48.1 Å². The van der Waals surface area contributed by atoms with Crippen LogP contribution in [0.25, 0.3) is 0 Å². The predicted octanol–water partition coefficient (Wildman–Crippen LogP) is 1.99. The van der Waals surface area contributed by atoms with E-state index in [2.05, 4.69) is 4.74 Å². The van der Waals surface area contributed by atoms with Crippen LogP contribution in [-0.4, -0.2) is 86.1 Å². The first-order valence-electron chi connectivity index (χ1n) is 9.79. The molecule has 2 aliphatic heterocycles. The van der Waals surface area contributed by atoms with Gasteiger partial charge in [0.05, 0.1) is 29.8 Å². The molecule has 3 rings (SSSR count). The second-order valence-corrected chi connectivity index (χ2v) is 9.77. The Bertz CT molecular complexity index is 872. The minimum atomic E-state index is -4.85. The number of hydrogen-bond donors (Lipinski definition) is 1.